The SMILES string of the molecule is CCCCNC(=O)C(C)N(Cc1cccc(C)c1)C(=O)CN(c1ccc(OCC)cc1)S(=O)(=O)c1ccc(Cl)cc1. The number of anilines is 1. The number of nitrogens with zero attached hydrogens (tertiary/aromatic N) is 2. The van der Waals surface area contributed by atoms with E-state index in [1.807, 2.05) is 45.0 Å². The van der Waals surface area contributed by atoms with Crippen LogP contribution in [0, 0.1) is 6.92 Å². The summed E-state index contributed by atoms with van der Waals surface area (Å²) >= 11 is 6.01. The predicted molar refractivity (Wildman–Crippen MR) is 163 cm³/mol. The van der Waals surface area contributed by atoms with Crippen LogP contribution < -0.4 is 14.4 Å². The zero-order valence-corrected chi connectivity index (χ0v) is 25.5. The van der Waals surface area contributed by atoms with E-state index in [2.05, 4.69) is 5.32 Å². The highest BCUT2D eigenvalue weighted by Crippen LogP contribution is 2.27. The van der Waals surface area contributed by atoms with Gasteiger partial charge < -0.3 is 15.0 Å². The summed E-state index contributed by atoms with van der Waals surface area (Å²) in [5.41, 5.74) is 2.13. The lowest BCUT2D eigenvalue weighted by atomic mass is 10.1. The Kier molecular flexibility index (Phi) is 11.6. The first-order valence-electron chi connectivity index (χ1n) is 13.7. The monoisotopic (exact) mass is 599 g/mol. The number of amides is 2. The molecule has 1 N–H and O–H groups in total. The molecule has 0 aliphatic carbocycles. The number of carbonyl (C=O) groups excluding carboxylic acids is 2. The molecule has 41 heavy (non-hydrogen) atoms. The second kappa shape index (κ2) is 14.9. The highest BCUT2D eigenvalue weighted by atomic mass is 35.5. The van der Waals surface area contributed by atoms with Gasteiger partial charge in [0.1, 0.15) is 18.3 Å². The molecule has 0 spiro atoms. The highest BCUT2D eigenvalue weighted by molar-refractivity contribution is 7.92. The molecule has 0 saturated heterocycles. The zero-order chi connectivity index (χ0) is 30.0. The van der Waals surface area contributed by atoms with Gasteiger partial charge in [-0.3, -0.25) is 13.9 Å². The summed E-state index contributed by atoms with van der Waals surface area (Å²) < 4.78 is 34.4. The van der Waals surface area contributed by atoms with Gasteiger partial charge in [-0.15, -0.1) is 0 Å². The third-order valence-electron chi connectivity index (χ3n) is 6.55. The summed E-state index contributed by atoms with van der Waals surface area (Å²) in [5.74, 6) is -0.242. The van der Waals surface area contributed by atoms with Crippen LogP contribution in [0.15, 0.2) is 77.7 Å². The van der Waals surface area contributed by atoms with Crippen LogP contribution in [0.3, 0.4) is 0 Å². The minimum Gasteiger partial charge on any atom is -0.494 e. The first-order valence-corrected chi connectivity index (χ1v) is 15.5. The number of ether oxygens (including phenoxy) is 1. The molecular formula is C31H38ClN3O5S. The second-order valence-corrected chi connectivity index (χ2v) is 12.0. The normalized spacial score (nSPS) is 11.9. The standard InChI is InChI=1S/C31H38ClN3O5S/c1-5-7-19-33-31(37)24(4)34(21-25-10-8-9-23(3)20-25)30(36)22-35(27-13-15-28(16-14-27)40-6-2)41(38,39)29-17-11-26(32)12-18-29/h8-18,20,24H,5-7,19,21-22H2,1-4H3,(H,33,37). The number of nitrogens with one attached hydrogen (secondary N) is 1. The van der Waals surface area contributed by atoms with Crippen molar-refractivity contribution in [3.63, 3.8) is 0 Å². The van der Waals surface area contributed by atoms with Crippen LogP contribution in [0.4, 0.5) is 5.69 Å². The van der Waals surface area contributed by atoms with Crippen molar-refractivity contribution >= 4 is 39.1 Å². The van der Waals surface area contributed by atoms with Gasteiger partial charge in [0, 0.05) is 18.1 Å². The minimum atomic E-state index is -4.18. The maximum Gasteiger partial charge on any atom is 0.264 e. The molecule has 10 heteroatoms. The van der Waals surface area contributed by atoms with E-state index in [1.165, 1.54) is 29.2 Å². The van der Waals surface area contributed by atoms with Gasteiger partial charge in [-0.2, -0.15) is 0 Å². The zero-order valence-electron chi connectivity index (χ0n) is 24.0. The van der Waals surface area contributed by atoms with Gasteiger partial charge in [0.15, 0.2) is 0 Å². The average molecular weight is 600 g/mol. The van der Waals surface area contributed by atoms with Crippen LogP contribution in [-0.4, -0.2) is 50.9 Å². The van der Waals surface area contributed by atoms with Crippen LogP contribution in [-0.2, 0) is 26.2 Å². The fourth-order valence-electron chi connectivity index (χ4n) is 4.26. The first kappa shape index (κ1) is 32.0. The Balaban J connectivity index is 2.00. The van der Waals surface area contributed by atoms with Crippen molar-refractivity contribution in [2.45, 2.75) is 58.0 Å². The molecule has 0 aromatic heterocycles. The lowest BCUT2D eigenvalue weighted by Gasteiger charge is -2.32. The van der Waals surface area contributed by atoms with Gasteiger partial charge in [0.05, 0.1) is 17.2 Å². The highest BCUT2D eigenvalue weighted by Gasteiger charge is 2.32. The molecule has 0 aliphatic heterocycles. The van der Waals surface area contributed by atoms with Crippen LogP contribution in [0.25, 0.3) is 0 Å². The molecular weight excluding hydrogens is 562 g/mol. The molecule has 0 bridgehead atoms. The maximum absolute atomic E-state index is 14.0. The van der Waals surface area contributed by atoms with Gasteiger partial charge in [0.2, 0.25) is 11.8 Å². The molecule has 0 aliphatic rings. The molecule has 220 valence electrons. The van der Waals surface area contributed by atoms with Gasteiger partial charge >= 0.3 is 0 Å². The number of hydrogen-bond acceptors (Lipinski definition) is 5. The van der Waals surface area contributed by atoms with E-state index >= 15 is 0 Å². The summed E-state index contributed by atoms with van der Waals surface area (Å²) in [6.07, 6.45) is 1.73. The fourth-order valence-corrected chi connectivity index (χ4v) is 5.80. The van der Waals surface area contributed by atoms with Crippen molar-refractivity contribution in [2.75, 3.05) is 24.0 Å². The fraction of sp³-hybridized carbons (Fsp3) is 0.355. The van der Waals surface area contributed by atoms with E-state index < -0.39 is 28.5 Å². The number of hydrogen-bond donors (Lipinski definition) is 1. The van der Waals surface area contributed by atoms with Crippen LogP contribution in [0.5, 0.6) is 5.75 Å². The van der Waals surface area contributed by atoms with Crippen molar-refractivity contribution in [1.29, 1.82) is 0 Å². The number of carbonyl (C=O) groups is 2. The summed E-state index contributed by atoms with van der Waals surface area (Å²) in [7, 11) is -4.18. The molecule has 3 aromatic carbocycles. The van der Waals surface area contributed by atoms with E-state index in [0.29, 0.717) is 23.9 Å². The van der Waals surface area contributed by atoms with Crippen LogP contribution in [0.2, 0.25) is 5.02 Å². The number of rotatable bonds is 14. The lowest BCUT2D eigenvalue weighted by molar-refractivity contribution is -0.139. The quantitative estimate of drug-likeness (QED) is 0.244. The van der Waals surface area contributed by atoms with E-state index in [9.17, 15) is 18.0 Å². The largest absolute Gasteiger partial charge is 0.494 e. The molecule has 3 rings (SSSR count). The number of sulfonamides is 1. The van der Waals surface area contributed by atoms with Crippen molar-refractivity contribution in [2.24, 2.45) is 0 Å². The van der Waals surface area contributed by atoms with Crippen LogP contribution >= 0.6 is 11.6 Å². The molecule has 8 nitrogen and oxygen atoms in total. The number of unbranched alkanes of at least 4 members (excludes halogenated alkanes) is 1. The maximum atomic E-state index is 14.0. The van der Waals surface area contributed by atoms with Crippen molar-refractivity contribution in [3.8, 4) is 5.75 Å². The summed E-state index contributed by atoms with van der Waals surface area (Å²) in [4.78, 5) is 28.5. The number of aryl methyl sites for hydroxylation is 1. The van der Waals surface area contributed by atoms with Crippen LogP contribution in [0.1, 0.15) is 44.7 Å². The Hall–Kier alpha value is -3.56. The van der Waals surface area contributed by atoms with Crippen molar-refractivity contribution in [3.05, 3.63) is 88.9 Å². The van der Waals surface area contributed by atoms with E-state index in [0.717, 1.165) is 28.3 Å². The molecule has 3 aromatic rings. The number of benzene rings is 3. The van der Waals surface area contributed by atoms with Gasteiger partial charge in [0.25, 0.3) is 10.0 Å². The summed E-state index contributed by atoms with van der Waals surface area (Å²) in [6, 6.07) is 19.1. The van der Waals surface area contributed by atoms with E-state index in [4.69, 9.17) is 16.3 Å². The second-order valence-electron chi connectivity index (χ2n) is 9.72. The number of halogens is 1. The molecule has 2 amide bonds. The Labute approximate surface area is 248 Å². The Morgan fingerprint density at radius 2 is 1.68 bits per heavy atom. The minimum absolute atomic E-state index is 0.0147. The molecule has 0 heterocycles. The molecule has 0 fully saturated rings. The predicted octanol–water partition coefficient (Wildman–Crippen LogP) is 5.58. The van der Waals surface area contributed by atoms with E-state index in [-0.39, 0.29) is 23.0 Å². The topological polar surface area (TPSA) is 96.0 Å². The lowest BCUT2D eigenvalue weighted by Crippen LogP contribution is -2.51. The molecule has 0 saturated carbocycles. The Morgan fingerprint density at radius 3 is 2.29 bits per heavy atom. The van der Waals surface area contributed by atoms with Gasteiger partial charge in [-0.05, 0) is 81.3 Å². The van der Waals surface area contributed by atoms with Gasteiger partial charge in [-0.25, -0.2) is 8.42 Å². The van der Waals surface area contributed by atoms with Crippen molar-refractivity contribution < 1.29 is 22.7 Å². The molecule has 1 unspecified atom stereocenters. The van der Waals surface area contributed by atoms with E-state index in [1.54, 1.807) is 31.2 Å². The first-order chi connectivity index (χ1) is 19.6. The van der Waals surface area contributed by atoms with Crippen molar-refractivity contribution in [1.82, 2.24) is 10.2 Å². The molecule has 1 atom stereocenters. The third-order valence-corrected chi connectivity index (χ3v) is 8.59. The Bertz CT molecular complexity index is 1410. The summed E-state index contributed by atoms with van der Waals surface area (Å²) in [5, 5.41) is 3.28. The van der Waals surface area contributed by atoms with Gasteiger partial charge in [-0.1, -0.05) is 54.8 Å². The average Bonchev–Trinajstić information content (AvgIpc) is 2.95. The smallest absolute Gasteiger partial charge is 0.264 e. The molecule has 0 radical (unpaired) electrons. The Morgan fingerprint density at radius 1 is 1.00 bits per heavy atom. The third kappa shape index (κ3) is 8.71. The summed E-state index contributed by atoms with van der Waals surface area (Å²) in [6.45, 7) is 8.06.